The molecular weight excluding hydrogens is 358 g/mol. The number of hydrogen-bond donors (Lipinski definition) is 2. The fourth-order valence-corrected chi connectivity index (χ4v) is 3.32. The maximum atomic E-state index is 9.50. The first-order chi connectivity index (χ1) is 13.5. The molecule has 0 aliphatic heterocycles. The number of benzene rings is 1. The van der Waals surface area contributed by atoms with E-state index in [4.69, 9.17) is 20.3 Å². The van der Waals surface area contributed by atoms with E-state index in [9.17, 15) is 5.21 Å². The van der Waals surface area contributed by atoms with Crippen molar-refractivity contribution in [2.75, 3.05) is 18.9 Å². The monoisotopic (exact) mass is 387 g/mol. The van der Waals surface area contributed by atoms with Gasteiger partial charge in [0.05, 0.1) is 17.1 Å². The van der Waals surface area contributed by atoms with Gasteiger partial charge >= 0.3 is 0 Å². The number of pyridine rings is 1. The molecule has 2 heterocycles. The molecule has 1 aromatic carbocycles. The zero-order valence-corrected chi connectivity index (χ0v) is 16.8. The Hall–Kier alpha value is -2.26. The van der Waals surface area contributed by atoms with Gasteiger partial charge in [0.2, 0.25) is 0 Å². The highest BCUT2D eigenvalue weighted by Gasteiger charge is 2.17. The summed E-state index contributed by atoms with van der Waals surface area (Å²) in [4.78, 5) is 14.6. The van der Waals surface area contributed by atoms with Crippen molar-refractivity contribution in [3.63, 3.8) is 0 Å². The van der Waals surface area contributed by atoms with Gasteiger partial charge in [-0.15, -0.1) is 0 Å². The van der Waals surface area contributed by atoms with E-state index >= 15 is 0 Å². The molecule has 0 bridgehead atoms. The van der Waals surface area contributed by atoms with Gasteiger partial charge in [-0.05, 0) is 39.7 Å². The Morgan fingerprint density at radius 3 is 2.79 bits per heavy atom. The van der Waals surface area contributed by atoms with Gasteiger partial charge in [-0.2, -0.15) is 0 Å². The van der Waals surface area contributed by atoms with Gasteiger partial charge in [-0.1, -0.05) is 23.4 Å². The summed E-state index contributed by atoms with van der Waals surface area (Å²) >= 11 is 0. The molecule has 28 heavy (non-hydrogen) atoms. The summed E-state index contributed by atoms with van der Waals surface area (Å²) in [5, 5.41) is 11.4. The van der Waals surface area contributed by atoms with Gasteiger partial charge in [0.25, 0.3) is 0 Å². The summed E-state index contributed by atoms with van der Waals surface area (Å²) in [6.07, 6.45) is 1.57. The van der Waals surface area contributed by atoms with E-state index in [1.54, 1.807) is 0 Å². The van der Waals surface area contributed by atoms with E-state index < -0.39 is 0 Å². The van der Waals surface area contributed by atoms with E-state index in [0.717, 1.165) is 46.9 Å². The minimum Gasteiger partial charge on any atom is -0.382 e. The number of fused-ring (bicyclic) bond motifs is 3. The molecule has 0 aliphatic carbocycles. The number of aromatic nitrogens is 3. The van der Waals surface area contributed by atoms with Crippen LogP contribution in [0.15, 0.2) is 24.3 Å². The fourth-order valence-electron chi connectivity index (χ4n) is 3.32. The number of hydrogen-bond acceptors (Lipinski definition) is 7. The summed E-state index contributed by atoms with van der Waals surface area (Å²) in [6.45, 7) is 7.95. The van der Waals surface area contributed by atoms with Crippen molar-refractivity contribution in [2.45, 2.75) is 52.9 Å². The van der Waals surface area contributed by atoms with Crippen molar-refractivity contribution in [3.8, 4) is 0 Å². The lowest BCUT2D eigenvalue weighted by molar-refractivity contribution is -0.356. The topological polar surface area (TPSA) is 98.7 Å². The fraction of sp³-hybridized carbons (Fsp3) is 0.500. The summed E-state index contributed by atoms with van der Waals surface area (Å²) < 4.78 is 7.80. The first-order valence-corrected chi connectivity index (χ1v) is 9.79. The van der Waals surface area contributed by atoms with E-state index in [1.165, 1.54) is 0 Å². The van der Waals surface area contributed by atoms with E-state index in [1.807, 2.05) is 45.0 Å². The smallest absolute Gasteiger partial charge is 0.152 e. The molecule has 1 atom stereocenters. The van der Waals surface area contributed by atoms with Crippen molar-refractivity contribution in [2.24, 2.45) is 0 Å². The first kappa shape index (κ1) is 20.5. The van der Waals surface area contributed by atoms with Crippen LogP contribution >= 0.6 is 0 Å². The van der Waals surface area contributed by atoms with Crippen LogP contribution in [0.4, 0.5) is 5.82 Å². The van der Waals surface area contributed by atoms with Crippen LogP contribution in [0.1, 0.15) is 39.4 Å². The first-order valence-electron chi connectivity index (χ1n) is 9.79. The average Bonchev–Trinajstić information content (AvgIpc) is 3.05. The molecule has 0 fully saturated rings. The predicted octanol–water partition coefficient (Wildman–Crippen LogP) is 3.51. The maximum Gasteiger partial charge on any atom is 0.152 e. The summed E-state index contributed by atoms with van der Waals surface area (Å²) in [6, 6.07) is 7.95. The van der Waals surface area contributed by atoms with Gasteiger partial charge in [0.15, 0.2) is 5.82 Å². The zero-order chi connectivity index (χ0) is 20.1. The number of imidazole rings is 1. The van der Waals surface area contributed by atoms with Crippen molar-refractivity contribution in [1.82, 2.24) is 19.8 Å². The molecule has 8 heteroatoms. The minimum atomic E-state index is -0.0847. The highest BCUT2D eigenvalue weighted by Crippen LogP contribution is 2.29. The molecule has 152 valence electrons. The van der Waals surface area contributed by atoms with Gasteiger partial charge in [-0.3, -0.25) is 10.0 Å². The van der Waals surface area contributed by atoms with Crippen molar-refractivity contribution < 1.29 is 14.8 Å². The van der Waals surface area contributed by atoms with Crippen LogP contribution < -0.4 is 5.73 Å². The number of nitrogens with two attached hydrogens (primary N) is 1. The third-order valence-electron chi connectivity index (χ3n) is 4.69. The maximum absolute atomic E-state index is 9.50. The number of nitrogens with zero attached hydrogens (tertiary/aromatic N) is 4. The highest BCUT2D eigenvalue weighted by atomic mass is 16.9. The lowest BCUT2D eigenvalue weighted by atomic mass is 10.1. The number of rotatable bonds is 10. The standard InChI is InChI=1S/C20H29N5O3/c1-4-25(26)28-14(3)9-8-12-24-17(13-27-5-2)23-18-19(24)15-10-6-7-11-16(15)22-20(18)21/h6-7,10-11,14,26H,4-5,8-9,12-13H2,1-3H3,(H2,21,22). The largest absolute Gasteiger partial charge is 0.382 e. The number of aryl methyl sites for hydroxylation is 1. The van der Waals surface area contributed by atoms with Gasteiger partial charge in [-0.25, -0.2) is 9.97 Å². The van der Waals surface area contributed by atoms with E-state index in [2.05, 4.69) is 9.55 Å². The van der Waals surface area contributed by atoms with Crippen LogP contribution in [-0.4, -0.2) is 44.2 Å². The Bertz CT molecular complexity index is 927. The average molecular weight is 387 g/mol. The predicted molar refractivity (Wildman–Crippen MR) is 109 cm³/mol. The molecule has 0 saturated heterocycles. The number of para-hydroxylation sites is 1. The Balaban J connectivity index is 1.92. The van der Waals surface area contributed by atoms with Crippen LogP contribution in [0.3, 0.4) is 0 Å². The lowest BCUT2D eigenvalue weighted by Gasteiger charge is -2.18. The molecule has 0 amide bonds. The van der Waals surface area contributed by atoms with Crippen LogP contribution in [0.25, 0.3) is 21.9 Å². The Morgan fingerprint density at radius 2 is 2.04 bits per heavy atom. The van der Waals surface area contributed by atoms with Gasteiger partial charge in [0.1, 0.15) is 17.9 Å². The van der Waals surface area contributed by atoms with E-state index in [-0.39, 0.29) is 6.10 Å². The van der Waals surface area contributed by atoms with Crippen LogP contribution in [0.5, 0.6) is 0 Å². The molecule has 0 saturated carbocycles. The van der Waals surface area contributed by atoms with Crippen LogP contribution in [0.2, 0.25) is 0 Å². The Kier molecular flexibility index (Phi) is 6.79. The van der Waals surface area contributed by atoms with Gasteiger partial charge < -0.3 is 15.0 Å². The second-order valence-electron chi connectivity index (χ2n) is 6.75. The second-order valence-corrected chi connectivity index (χ2v) is 6.75. The molecule has 0 radical (unpaired) electrons. The zero-order valence-electron chi connectivity index (χ0n) is 16.8. The Morgan fingerprint density at radius 1 is 1.25 bits per heavy atom. The summed E-state index contributed by atoms with van der Waals surface area (Å²) in [7, 11) is 0. The third-order valence-corrected chi connectivity index (χ3v) is 4.69. The molecule has 0 aliphatic rings. The number of hydroxylamine groups is 2. The highest BCUT2D eigenvalue weighted by molar-refractivity contribution is 6.06. The van der Waals surface area contributed by atoms with Crippen LogP contribution in [-0.2, 0) is 22.7 Å². The quantitative estimate of drug-likeness (QED) is 0.514. The molecule has 0 spiro atoms. The van der Waals surface area contributed by atoms with Gasteiger partial charge in [0, 0.05) is 25.1 Å². The Labute approximate surface area is 164 Å². The van der Waals surface area contributed by atoms with Crippen molar-refractivity contribution in [1.29, 1.82) is 0 Å². The molecule has 1 unspecified atom stereocenters. The van der Waals surface area contributed by atoms with Crippen molar-refractivity contribution >= 4 is 27.8 Å². The number of anilines is 1. The summed E-state index contributed by atoms with van der Waals surface area (Å²) in [5.74, 6) is 1.27. The second kappa shape index (κ2) is 9.29. The molecule has 2 aromatic heterocycles. The van der Waals surface area contributed by atoms with Crippen LogP contribution in [0, 0.1) is 0 Å². The van der Waals surface area contributed by atoms with Crippen molar-refractivity contribution in [3.05, 3.63) is 30.1 Å². The lowest BCUT2D eigenvalue weighted by Crippen LogP contribution is -2.25. The molecule has 3 aromatic rings. The molecular formula is C20H29N5O3. The number of nitrogen functional groups attached to an aromatic ring is 1. The normalized spacial score (nSPS) is 13.0. The number of ether oxygens (including phenoxy) is 1. The minimum absolute atomic E-state index is 0.0847. The molecule has 8 nitrogen and oxygen atoms in total. The van der Waals surface area contributed by atoms with E-state index in [0.29, 0.717) is 31.1 Å². The SMILES string of the molecule is CCOCc1nc2c(N)nc3ccccc3c2n1CCCC(C)ON(O)CC. The molecule has 3 N–H and O–H groups in total. The molecule has 3 rings (SSSR count). The third kappa shape index (κ3) is 4.41. The summed E-state index contributed by atoms with van der Waals surface area (Å²) in [5.41, 5.74) is 8.76.